The molecular weight excluding hydrogens is 386 g/mol. The molecule has 0 unspecified atom stereocenters. The van der Waals surface area contributed by atoms with E-state index in [4.69, 9.17) is 9.47 Å². The van der Waals surface area contributed by atoms with Crippen LogP contribution in [0.3, 0.4) is 0 Å². The van der Waals surface area contributed by atoms with E-state index in [1.165, 1.54) is 16.7 Å². The Morgan fingerprint density at radius 3 is 2.23 bits per heavy atom. The lowest BCUT2D eigenvalue weighted by Gasteiger charge is -2.55. The summed E-state index contributed by atoms with van der Waals surface area (Å²) < 4.78 is 11.3. The highest BCUT2D eigenvalue weighted by Crippen LogP contribution is 2.39. The lowest BCUT2D eigenvalue weighted by Crippen LogP contribution is -2.66. The van der Waals surface area contributed by atoms with Gasteiger partial charge in [0.1, 0.15) is 18.2 Å². The van der Waals surface area contributed by atoms with Gasteiger partial charge >= 0.3 is 0 Å². The quantitative estimate of drug-likeness (QED) is 0.592. The van der Waals surface area contributed by atoms with Gasteiger partial charge in [-0.2, -0.15) is 0 Å². The third-order valence-corrected chi connectivity index (χ3v) is 6.60. The first-order valence-electron chi connectivity index (χ1n) is 10.9. The number of nitrogens with zero attached hydrogens (tertiary/aromatic N) is 3. The summed E-state index contributed by atoms with van der Waals surface area (Å²) in [7, 11) is 0. The van der Waals surface area contributed by atoms with Crippen LogP contribution >= 0.6 is 0 Å². The molecule has 5 rings (SSSR count). The maximum absolute atomic E-state index is 5.98. The number of hydrogen-bond acceptors (Lipinski definition) is 5. The van der Waals surface area contributed by atoms with Gasteiger partial charge < -0.3 is 14.4 Å². The van der Waals surface area contributed by atoms with Crippen LogP contribution < -0.4 is 9.64 Å². The third-order valence-electron chi connectivity index (χ3n) is 6.60. The molecule has 2 aliphatic rings. The first-order valence-corrected chi connectivity index (χ1v) is 10.9. The van der Waals surface area contributed by atoms with Crippen LogP contribution in [0.1, 0.15) is 36.4 Å². The second-order valence-electron chi connectivity index (χ2n) is 9.48. The minimum absolute atomic E-state index is 0.0657. The standard InChI is InChI=1S/C26H29N3O2/c1-19-4-6-20(7-5-19)25(2,3)21-8-10-22(11-9-21)31-14-23-27-13-12-24(28-23)29-15-26(16-29)17-30-18-26/h4-13H,14-18H2,1-3H3. The lowest BCUT2D eigenvalue weighted by atomic mass is 9.78. The fraction of sp³-hybridized carbons (Fsp3) is 0.385. The fourth-order valence-corrected chi connectivity index (χ4v) is 4.39. The van der Waals surface area contributed by atoms with Gasteiger partial charge in [0.2, 0.25) is 0 Å². The minimum atomic E-state index is -0.0657. The van der Waals surface area contributed by atoms with Gasteiger partial charge in [-0.15, -0.1) is 0 Å². The predicted molar refractivity (Wildman–Crippen MR) is 122 cm³/mol. The molecule has 2 saturated heterocycles. The van der Waals surface area contributed by atoms with E-state index in [-0.39, 0.29) is 5.41 Å². The van der Waals surface area contributed by atoms with E-state index in [1.807, 2.05) is 24.4 Å². The van der Waals surface area contributed by atoms with E-state index in [0.29, 0.717) is 17.8 Å². The monoisotopic (exact) mass is 415 g/mol. The molecule has 3 heterocycles. The second kappa shape index (κ2) is 7.65. The molecule has 0 saturated carbocycles. The SMILES string of the molecule is Cc1ccc(C(C)(C)c2ccc(OCc3nccc(N4CC5(COC5)C4)n3)cc2)cc1. The molecule has 2 aliphatic heterocycles. The molecule has 31 heavy (non-hydrogen) atoms. The number of benzene rings is 2. The van der Waals surface area contributed by atoms with Crippen LogP contribution in [0.5, 0.6) is 5.75 Å². The van der Waals surface area contributed by atoms with Crippen molar-refractivity contribution < 1.29 is 9.47 Å². The number of aromatic nitrogens is 2. The summed E-state index contributed by atoms with van der Waals surface area (Å²) in [5, 5.41) is 0. The van der Waals surface area contributed by atoms with E-state index in [9.17, 15) is 0 Å². The largest absolute Gasteiger partial charge is 0.486 e. The Morgan fingerprint density at radius 1 is 0.968 bits per heavy atom. The molecule has 0 aliphatic carbocycles. The number of hydrogen-bond donors (Lipinski definition) is 0. The molecule has 0 radical (unpaired) electrons. The Kier molecular flexibility index (Phi) is 4.94. The lowest BCUT2D eigenvalue weighted by molar-refractivity contribution is -0.127. The van der Waals surface area contributed by atoms with E-state index in [2.05, 4.69) is 72.0 Å². The second-order valence-corrected chi connectivity index (χ2v) is 9.48. The molecule has 3 aromatic rings. The van der Waals surface area contributed by atoms with Crippen molar-refractivity contribution in [1.82, 2.24) is 9.97 Å². The Hall–Kier alpha value is -2.92. The van der Waals surface area contributed by atoms with Crippen LogP contribution in [0.2, 0.25) is 0 Å². The smallest absolute Gasteiger partial charge is 0.168 e. The Morgan fingerprint density at radius 2 is 1.61 bits per heavy atom. The third kappa shape index (κ3) is 3.90. The average molecular weight is 416 g/mol. The summed E-state index contributed by atoms with van der Waals surface area (Å²) in [6, 6.07) is 19.1. The maximum Gasteiger partial charge on any atom is 0.168 e. The van der Waals surface area contributed by atoms with Crippen LogP contribution in [0.4, 0.5) is 5.82 Å². The van der Waals surface area contributed by atoms with Crippen molar-refractivity contribution in [2.45, 2.75) is 32.8 Å². The minimum Gasteiger partial charge on any atom is -0.486 e. The van der Waals surface area contributed by atoms with Gasteiger partial charge in [-0.25, -0.2) is 9.97 Å². The highest BCUT2D eigenvalue weighted by atomic mass is 16.5. The molecule has 2 fully saturated rings. The van der Waals surface area contributed by atoms with Crippen molar-refractivity contribution in [2.24, 2.45) is 5.41 Å². The van der Waals surface area contributed by atoms with Crippen LogP contribution in [0, 0.1) is 12.3 Å². The van der Waals surface area contributed by atoms with Crippen molar-refractivity contribution in [3.63, 3.8) is 0 Å². The van der Waals surface area contributed by atoms with Crippen molar-refractivity contribution in [3.05, 3.63) is 83.3 Å². The van der Waals surface area contributed by atoms with Crippen molar-refractivity contribution >= 4 is 5.82 Å². The van der Waals surface area contributed by atoms with Crippen molar-refractivity contribution in [1.29, 1.82) is 0 Å². The van der Waals surface area contributed by atoms with Gasteiger partial charge in [0.15, 0.2) is 5.82 Å². The summed E-state index contributed by atoms with van der Waals surface area (Å²) >= 11 is 0. The number of rotatable bonds is 6. The van der Waals surface area contributed by atoms with Crippen molar-refractivity contribution in [3.8, 4) is 5.75 Å². The molecule has 2 aromatic carbocycles. The molecular formula is C26H29N3O2. The van der Waals surface area contributed by atoms with Crippen molar-refractivity contribution in [2.75, 3.05) is 31.2 Å². The highest BCUT2D eigenvalue weighted by Gasteiger charge is 2.49. The zero-order valence-electron chi connectivity index (χ0n) is 18.5. The molecule has 0 amide bonds. The highest BCUT2D eigenvalue weighted by molar-refractivity contribution is 5.43. The topological polar surface area (TPSA) is 47.5 Å². The number of aryl methyl sites for hydroxylation is 1. The average Bonchev–Trinajstić information content (AvgIpc) is 2.71. The normalized spacial score (nSPS) is 17.2. The Balaban J connectivity index is 1.21. The molecule has 160 valence electrons. The Bertz CT molecular complexity index is 1050. The van der Waals surface area contributed by atoms with E-state index >= 15 is 0 Å². The maximum atomic E-state index is 5.98. The first kappa shape index (κ1) is 20.0. The molecule has 1 aromatic heterocycles. The molecule has 0 N–H and O–H groups in total. The zero-order chi connectivity index (χ0) is 21.5. The summed E-state index contributed by atoms with van der Waals surface area (Å²) in [6.45, 7) is 10.8. The molecule has 5 heteroatoms. The summed E-state index contributed by atoms with van der Waals surface area (Å²) in [5.74, 6) is 2.50. The van der Waals surface area contributed by atoms with E-state index in [1.54, 1.807) is 0 Å². The van der Waals surface area contributed by atoms with E-state index < -0.39 is 0 Å². The van der Waals surface area contributed by atoms with Crippen LogP contribution in [-0.4, -0.2) is 36.3 Å². The van der Waals surface area contributed by atoms with Gasteiger partial charge in [0.25, 0.3) is 0 Å². The summed E-state index contributed by atoms with van der Waals surface area (Å²) in [6.07, 6.45) is 1.82. The fourth-order valence-electron chi connectivity index (χ4n) is 4.39. The number of ether oxygens (including phenoxy) is 2. The van der Waals surface area contributed by atoms with Gasteiger partial charge in [0, 0.05) is 24.7 Å². The van der Waals surface area contributed by atoms with Gasteiger partial charge in [-0.05, 0) is 36.2 Å². The Labute approximate surface area is 184 Å². The molecule has 5 nitrogen and oxygen atoms in total. The molecule has 0 atom stereocenters. The zero-order valence-corrected chi connectivity index (χ0v) is 18.5. The summed E-state index contributed by atoms with van der Waals surface area (Å²) in [5.41, 5.74) is 4.14. The van der Waals surface area contributed by atoms with E-state index in [0.717, 1.165) is 37.9 Å². The van der Waals surface area contributed by atoms with Gasteiger partial charge in [-0.1, -0.05) is 55.8 Å². The first-order chi connectivity index (χ1) is 14.9. The number of anilines is 1. The van der Waals surface area contributed by atoms with Gasteiger partial charge in [-0.3, -0.25) is 0 Å². The van der Waals surface area contributed by atoms with Crippen LogP contribution in [0.25, 0.3) is 0 Å². The summed E-state index contributed by atoms with van der Waals surface area (Å²) in [4.78, 5) is 11.4. The molecule has 1 spiro atoms. The van der Waals surface area contributed by atoms with Crippen LogP contribution in [-0.2, 0) is 16.8 Å². The van der Waals surface area contributed by atoms with Crippen LogP contribution in [0.15, 0.2) is 60.8 Å². The molecule has 0 bridgehead atoms. The predicted octanol–water partition coefficient (Wildman–Crippen LogP) is 4.53. The van der Waals surface area contributed by atoms with Gasteiger partial charge in [0.05, 0.1) is 18.6 Å².